The van der Waals surface area contributed by atoms with E-state index >= 15 is 0 Å². The number of hydrogen-bond donors (Lipinski definition) is 1. The van der Waals surface area contributed by atoms with E-state index in [-0.39, 0.29) is 17.7 Å². The number of ether oxygens (including phenoxy) is 1. The molecule has 3 aromatic rings. The summed E-state index contributed by atoms with van der Waals surface area (Å²) in [6, 6.07) is 24.0. The molecule has 5 nitrogen and oxygen atoms in total. The van der Waals surface area contributed by atoms with Gasteiger partial charge in [0.25, 0.3) is 5.91 Å². The van der Waals surface area contributed by atoms with Crippen LogP contribution in [0, 0.1) is 11.3 Å². The van der Waals surface area contributed by atoms with Crippen molar-refractivity contribution >= 4 is 29.2 Å². The molecule has 6 heteroatoms. The highest BCUT2D eigenvalue weighted by Crippen LogP contribution is 2.21. The van der Waals surface area contributed by atoms with Crippen molar-refractivity contribution in [3.8, 4) is 17.2 Å². The van der Waals surface area contributed by atoms with Gasteiger partial charge < -0.3 is 10.1 Å². The van der Waals surface area contributed by atoms with Gasteiger partial charge >= 0.3 is 5.97 Å². The molecule has 1 amide bonds. The number of nitrogens with one attached hydrogen (secondary N) is 1. The summed E-state index contributed by atoms with van der Waals surface area (Å²) in [5, 5.41) is 12.0. The fourth-order valence-electron chi connectivity index (χ4n) is 2.71. The summed E-state index contributed by atoms with van der Waals surface area (Å²) >= 11 is 5.88. The third-order valence-corrected chi connectivity index (χ3v) is 4.39. The summed E-state index contributed by atoms with van der Waals surface area (Å²) in [7, 11) is 0. The van der Waals surface area contributed by atoms with Crippen molar-refractivity contribution in [2.45, 2.75) is 6.42 Å². The van der Waals surface area contributed by atoms with Gasteiger partial charge in [0.1, 0.15) is 6.07 Å². The van der Waals surface area contributed by atoms with Gasteiger partial charge in [-0.3, -0.25) is 9.59 Å². The lowest BCUT2D eigenvalue weighted by Crippen LogP contribution is -2.22. The van der Waals surface area contributed by atoms with Crippen molar-refractivity contribution in [1.29, 1.82) is 5.26 Å². The highest BCUT2D eigenvalue weighted by atomic mass is 35.5. The van der Waals surface area contributed by atoms with Crippen molar-refractivity contribution in [1.82, 2.24) is 0 Å². The summed E-state index contributed by atoms with van der Waals surface area (Å²) in [5.74, 6) is -1.06. The molecule has 0 bridgehead atoms. The summed E-state index contributed by atoms with van der Waals surface area (Å²) in [4.78, 5) is 24.0. The normalized spacial score (nSPS) is 10.1. The number of rotatable bonds is 6. The minimum Gasteiger partial charge on any atom is -0.455 e. The van der Waals surface area contributed by atoms with Gasteiger partial charge in [0, 0.05) is 5.02 Å². The maximum atomic E-state index is 12.0. The Bertz CT molecular complexity index is 1060. The minimum absolute atomic E-state index is 0.0585. The van der Waals surface area contributed by atoms with Crippen LogP contribution in [0.2, 0.25) is 5.02 Å². The summed E-state index contributed by atoms with van der Waals surface area (Å²) in [6.45, 7) is -0.446. The number of amides is 1. The van der Waals surface area contributed by atoms with Gasteiger partial charge in [-0.25, -0.2) is 0 Å². The van der Waals surface area contributed by atoms with Gasteiger partial charge in [-0.2, -0.15) is 5.26 Å². The monoisotopic (exact) mass is 404 g/mol. The second kappa shape index (κ2) is 9.54. The van der Waals surface area contributed by atoms with Crippen LogP contribution >= 0.6 is 11.6 Å². The van der Waals surface area contributed by atoms with Crippen molar-refractivity contribution < 1.29 is 14.3 Å². The second-order valence-electron chi connectivity index (χ2n) is 6.25. The molecule has 0 saturated heterocycles. The Balaban J connectivity index is 1.52. The van der Waals surface area contributed by atoms with Crippen molar-refractivity contribution in [2.75, 3.05) is 11.9 Å². The fraction of sp³-hybridized carbons (Fsp3) is 0.0870. The molecular weight excluding hydrogens is 388 g/mol. The summed E-state index contributed by atoms with van der Waals surface area (Å²) < 4.78 is 5.03. The molecule has 0 aliphatic rings. The zero-order valence-electron chi connectivity index (χ0n) is 15.4. The molecule has 0 aliphatic carbocycles. The number of esters is 1. The van der Waals surface area contributed by atoms with Crippen LogP contribution in [0.25, 0.3) is 11.1 Å². The van der Waals surface area contributed by atoms with Gasteiger partial charge in [0.05, 0.1) is 17.7 Å². The molecule has 0 atom stereocenters. The average molecular weight is 405 g/mol. The standard InChI is InChI=1S/C23H17ClN2O3/c24-20-11-10-19(14-25)21(13-20)26-22(27)15-29-23(28)12-16-6-8-18(9-7-16)17-4-2-1-3-5-17/h1-11,13H,12,15H2,(H,26,27). The highest BCUT2D eigenvalue weighted by molar-refractivity contribution is 6.31. The Morgan fingerprint density at radius 3 is 2.34 bits per heavy atom. The minimum atomic E-state index is -0.545. The molecule has 0 spiro atoms. The van der Waals surface area contributed by atoms with E-state index in [1.807, 2.05) is 60.7 Å². The van der Waals surface area contributed by atoms with E-state index in [1.54, 1.807) is 6.07 Å². The lowest BCUT2D eigenvalue weighted by Gasteiger charge is -2.09. The predicted molar refractivity (Wildman–Crippen MR) is 111 cm³/mol. The third-order valence-electron chi connectivity index (χ3n) is 4.15. The van der Waals surface area contributed by atoms with Gasteiger partial charge in [-0.15, -0.1) is 0 Å². The fourth-order valence-corrected chi connectivity index (χ4v) is 2.89. The Morgan fingerprint density at radius 1 is 0.966 bits per heavy atom. The Morgan fingerprint density at radius 2 is 1.66 bits per heavy atom. The van der Waals surface area contributed by atoms with Crippen LogP contribution in [0.4, 0.5) is 5.69 Å². The first-order valence-corrected chi connectivity index (χ1v) is 9.22. The van der Waals surface area contributed by atoms with Gasteiger partial charge in [0.2, 0.25) is 0 Å². The maximum Gasteiger partial charge on any atom is 0.310 e. The average Bonchev–Trinajstić information content (AvgIpc) is 2.74. The first-order valence-electron chi connectivity index (χ1n) is 8.84. The van der Waals surface area contributed by atoms with Crippen LogP contribution in [-0.4, -0.2) is 18.5 Å². The molecule has 3 aromatic carbocycles. The van der Waals surface area contributed by atoms with Crippen LogP contribution in [0.1, 0.15) is 11.1 Å². The molecule has 0 heterocycles. The summed E-state index contributed by atoms with van der Waals surface area (Å²) in [5.41, 5.74) is 3.48. The zero-order chi connectivity index (χ0) is 20.6. The number of anilines is 1. The van der Waals surface area contributed by atoms with E-state index in [0.717, 1.165) is 16.7 Å². The molecule has 0 radical (unpaired) electrons. The van der Waals surface area contributed by atoms with Crippen LogP contribution in [0.3, 0.4) is 0 Å². The highest BCUT2D eigenvalue weighted by Gasteiger charge is 2.11. The number of nitriles is 1. The van der Waals surface area contributed by atoms with E-state index in [4.69, 9.17) is 21.6 Å². The number of nitrogens with zero attached hydrogens (tertiary/aromatic N) is 1. The van der Waals surface area contributed by atoms with Crippen molar-refractivity contribution in [2.24, 2.45) is 0 Å². The third kappa shape index (κ3) is 5.68. The van der Waals surface area contributed by atoms with Gasteiger partial charge in [-0.05, 0) is 34.9 Å². The van der Waals surface area contributed by atoms with E-state index in [1.165, 1.54) is 12.1 Å². The second-order valence-corrected chi connectivity index (χ2v) is 6.69. The van der Waals surface area contributed by atoms with Crippen LogP contribution in [0.5, 0.6) is 0 Å². The quantitative estimate of drug-likeness (QED) is 0.609. The SMILES string of the molecule is N#Cc1ccc(Cl)cc1NC(=O)COC(=O)Cc1ccc(-c2ccccc2)cc1. The van der Waals surface area contributed by atoms with Crippen LogP contribution in [-0.2, 0) is 20.7 Å². The number of carbonyl (C=O) groups is 2. The number of hydrogen-bond acceptors (Lipinski definition) is 4. The number of halogens is 1. The molecule has 3 rings (SSSR count). The topological polar surface area (TPSA) is 79.2 Å². The Labute approximate surface area is 173 Å². The zero-order valence-corrected chi connectivity index (χ0v) is 16.1. The Hall–Kier alpha value is -3.62. The first-order chi connectivity index (χ1) is 14.0. The Kier molecular flexibility index (Phi) is 6.62. The lowest BCUT2D eigenvalue weighted by atomic mass is 10.0. The van der Waals surface area contributed by atoms with Gasteiger partial charge in [0.15, 0.2) is 6.61 Å². The first kappa shape index (κ1) is 20.1. The number of benzene rings is 3. The maximum absolute atomic E-state index is 12.0. The van der Waals surface area contributed by atoms with Crippen molar-refractivity contribution in [3.05, 3.63) is 88.9 Å². The molecule has 29 heavy (non-hydrogen) atoms. The lowest BCUT2D eigenvalue weighted by molar-refractivity contribution is -0.146. The molecular formula is C23H17ClN2O3. The molecule has 1 N–H and O–H groups in total. The molecule has 0 fully saturated rings. The van der Waals surface area contributed by atoms with Crippen LogP contribution < -0.4 is 5.32 Å². The van der Waals surface area contributed by atoms with Crippen molar-refractivity contribution in [3.63, 3.8) is 0 Å². The van der Waals surface area contributed by atoms with E-state index in [0.29, 0.717) is 5.02 Å². The smallest absolute Gasteiger partial charge is 0.310 e. The van der Waals surface area contributed by atoms with Crippen LogP contribution in [0.15, 0.2) is 72.8 Å². The molecule has 0 unspecified atom stereocenters. The molecule has 0 saturated carbocycles. The molecule has 0 aromatic heterocycles. The van der Waals surface area contributed by atoms with Gasteiger partial charge in [-0.1, -0.05) is 66.2 Å². The molecule has 144 valence electrons. The van der Waals surface area contributed by atoms with E-state index in [2.05, 4.69) is 5.32 Å². The summed E-state index contributed by atoms with van der Waals surface area (Å²) in [6.07, 6.45) is 0.0585. The van der Waals surface area contributed by atoms with E-state index < -0.39 is 18.5 Å². The molecule has 0 aliphatic heterocycles. The largest absolute Gasteiger partial charge is 0.455 e. The van der Waals surface area contributed by atoms with E-state index in [9.17, 15) is 9.59 Å². The predicted octanol–water partition coefficient (Wildman–Crippen LogP) is 4.60. The number of carbonyl (C=O) groups excluding carboxylic acids is 2.